The monoisotopic (exact) mass is 356 g/mol. The molecule has 0 radical (unpaired) electrons. The summed E-state index contributed by atoms with van der Waals surface area (Å²) in [6.07, 6.45) is 6.46. The topological polar surface area (TPSA) is 73.6 Å². The summed E-state index contributed by atoms with van der Waals surface area (Å²) in [5.41, 5.74) is 6.80. The van der Waals surface area contributed by atoms with E-state index in [1.807, 2.05) is 25.1 Å². The van der Waals surface area contributed by atoms with Crippen LogP contribution >= 0.6 is 12.4 Å². The van der Waals surface area contributed by atoms with E-state index in [1.54, 1.807) is 7.11 Å². The Kier molecular flexibility index (Phi) is 8.93. The highest BCUT2D eigenvalue weighted by atomic mass is 35.5. The summed E-state index contributed by atoms with van der Waals surface area (Å²) in [5.74, 6) is 1.44. The van der Waals surface area contributed by atoms with Gasteiger partial charge in [0, 0.05) is 18.2 Å². The van der Waals surface area contributed by atoms with E-state index in [9.17, 15) is 4.79 Å². The molecule has 1 aromatic carbocycles. The number of hydrogen-bond acceptors (Lipinski definition) is 4. The van der Waals surface area contributed by atoms with Crippen LogP contribution in [0.25, 0.3) is 0 Å². The van der Waals surface area contributed by atoms with Crippen molar-refractivity contribution in [2.45, 2.75) is 64.1 Å². The van der Waals surface area contributed by atoms with Gasteiger partial charge in [0.15, 0.2) is 0 Å². The third kappa shape index (κ3) is 5.87. The molecule has 1 aromatic rings. The summed E-state index contributed by atoms with van der Waals surface area (Å²) in [5, 5.41) is 2.90. The molecule has 0 saturated heterocycles. The van der Waals surface area contributed by atoms with Gasteiger partial charge in [-0.2, -0.15) is 0 Å². The first-order chi connectivity index (χ1) is 11.1. The van der Waals surface area contributed by atoms with Gasteiger partial charge < -0.3 is 20.5 Å². The molecular weight excluding hydrogens is 328 g/mol. The van der Waals surface area contributed by atoms with E-state index in [0.29, 0.717) is 13.0 Å². The maximum Gasteiger partial charge on any atom is 0.237 e. The van der Waals surface area contributed by atoms with Gasteiger partial charge in [-0.1, -0.05) is 13.3 Å². The molecule has 0 heterocycles. The van der Waals surface area contributed by atoms with Crippen molar-refractivity contribution in [3.63, 3.8) is 0 Å². The molecule has 2 rings (SSSR count). The molecule has 1 aliphatic carbocycles. The van der Waals surface area contributed by atoms with Crippen LogP contribution in [0.2, 0.25) is 0 Å². The normalized spacial score (nSPS) is 15.5. The molecule has 0 bridgehead atoms. The molecule has 0 aliphatic heterocycles. The minimum atomic E-state index is -0.447. The predicted octanol–water partition coefficient (Wildman–Crippen LogP) is 3.18. The zero-order valence-corrected chi connectivity index (χ0v) is 15.4. The SMILES string of the molecule is CCCC(N)C(=O)NCc1ccc(OC)cc1OC1CCCC1.Cl. The number of rotatable bonds is 8. The Hall–Kier alpha value is -1.46. The van der Waals surface area contributed by atoms with Gasteiger partial charge in [-0.25, -0.2) is 0 Å². The highest BCUT2D eigenvalue weighted by Crippen LogP contribution is 2.30. The third-order valence-corrected chi connectivity index (χ3v) is 4.26. The maximum absolute atomic E-state index is 12.0. The van der Waals surface area contributed by atoms with Gasteiger partial charge in [0.1, 0.15) is 11.5 Å². The van der Waals surface area contributed by atoms with Crippen molar-refractivity contribution in [1.29, 1.82) is 0 Å². The van der Waals surface area contributed by atoms with Crippen LogP contribution in [0.15, 0.2) is 18.2 Å². The first kappa shape index (κ1) is 20.6. The first-order valence-electron chi connectivity index (χ1n) is 8.51. The lowest BCUT2D eigenvalue weighted by molar-refractivity contribution is -0.122. The number of halogens is 1. The minimum Gasteiger partial charge on any atom is -0.497 e. The van der Waals surface area contributed by atoms with Crippen LogP contribution in [0.4, 0.5) is 0 Å². The second-order valence-corrected chi connectivity index (χ2v) is 6.11. The highest BCUT2D eigenvalue weighted by molar-refractivity contribution is 5.85. The van der Waals surface area contributed by atoms with E-state index in [4.69, 9.17) is 15.2 Å². The van der Waals surface area contributed by atoms with Gasteiger partial charge >= 0.3 is 0 Å². The Morgan fingerprint density at radius 2 is 2.08 bits per heavy atom. The number of carbonyl (C=O) groups excluding carboxylic acids is 1. The van der Waals surface area contributed by atoms with Crippen LogP contribution in [0.3, 0.4) is 0 Å². The number of nitrogens with one attached hydrogen (secondary N) is 1. The van der Waals surface area contributed by atoms with Gasteiger partial charge in [0.2, 0.25) is 5.91 Å². The Morgan fingerprint density at radius 1 is 1.38 bits per heavy atom. The van der Waals surface area contributed by atoms with Crippen molar-refractivity contribution in [2.24, 2.45) is 5.73 Å². The molecule has 0 aromatic heterocycles. The number of amides is 1. The van der Waals surface area contributed by atoms with Crippen LogP contribution in [-0.2, 0) is 11.3 Å². The predicted molar refractivity (Wildman–Crippen MR) is 97.9 cm³/mol. The van der Waals surface area contributed by atoms with Crippen molar-refractivity contribution >= 4 is 18.3 Å². The fourth-order valence-corrected chi connectivity index (χ4v) is 2.86. The van der Waals surface area contributed by atoms with Gasteiger partial charge in [-0.15, -0.1) is 12.4 Å². The van der Waals surface area contributed by atoms with Gasteiger partial charge in [-0.3, -0.25) is 4.79 Å². The molecular formula is C18H29ClN2O3. The van der Waals surface area contributed by atoms with Crippen molar-refractivity contribution in [3.05, 3.63) is 23.8 Å². The number of methoxy groups -OCH3 is 1. The zero-order chi connectivity index (χ0) is 16.7. The molecule has 0 spiro atoms. The quantitative estimate of drug-likeness (QED) is 0.750. The lowest BCUT2D eigenvalue weighted by Gasteiger charge is -2.18. The average Bonchev–Trinajstić information content (AvgIpc) is 3.06. The van der Waals surface area contributed by atoms with E-state index in [0.717, 1.165) is 36.3 Å². The molecule has 1 aliphatic rings. The van der Waals surface area contributed by atoms with E-state index in [2.05, 4.69) is 5.32 Å². The summed E-state index contributed by atoms with van der Waals surface area (Å²) in [6.45, 7) is 2.44. The minimum absolute atomic E-state index is 0. The summed E-state index contributed by atoms with van der Waals surface area (Å²) in [4.78, 5) is 12.0. The van der Waals surface area contributed by atoms with E-state index < -0.39 is 6.04 Å². The Morgan fingerprint density at radius 3 is 2.71 bits per heavy atom. The Bertz CT molecular complexity index is 519. The van der Waals surface area contributed by atoms with E-state index in [-0.39, 0.29) is 24.4 Å². The highest BCUT2D eigenvalue weighted by Gasteiger charge is 2.19. The van der Waals surface area contributed by atoms with Gasteiger partial charge in [0.05, 0.1) is 19.3 Å². The van der Waals surface area contributed by atoms with Gasteiger partial charge in [-0.05, 0) is 44.2 Å². The number of ether oxygens (including phenoxy) is 2. The van der Waals surface area contributed by atoms with E-state index in [1.165, 1.54) is 12.8 Å². The lowest BCUT2D eigenvalue weighted by atomic mass is 10.1. The smallest absolute Gasteiger partial charge is 0.237 e. The summed E-state index contributed by atoms with van der Waals surface area (Å²) in [6, 6.07) is 5.27. The average molecular weight is 357 g/mol. The van der Waals surface area contributed by atoms with Crippen LogP contribution < -0.4 is 20.5 Å². The molecule has 24 heavy (non-hydrogen) atoms. The molecule has 1 unspecified atom stereocenters. The molecule has 5 nitrogen and oxygen atoms in total. The van der Waals surface area contributed by atoms with Crippen molar-refractivity contribution in [2.75, 3.05) is 7.11 Å². The molecule has 1 atom stereocenters. The molecule has 1 amide bonds. The fourth-order valence-electron chi connectivity index (χ4n) is 2.86. The maximum atomic E-state index is 12.0. The van der Waals surface area contributed by atoms with Crippen LogP contribution in [0.5, 0.6) is 11.5 Å². The standard InChI is InChI=1S/C18H28N2O3.ClH/c1-3-6-16(19)18(21)20-12-13-9-10-15(22-2)11-17(13)23-14-7-4-5-8-14;/h9-11,14,16H,3-8,12,19H2,1-2H3,(H,20,21);1H. The van der Waals surface area contributed by atoms with Crippen LogP contribution in [0, 0.1) is 0 Å². The second-order valence-electron chi connectivity index (χ2n) is 6.11. The largest absolute Gasteiger partial charge is 0.497 e. The number of hydrogen-bond donors (Lipinski definition) is 2. The van der Waals surface area contributed by atoms with Crippen molar-refractivity contribution in [3.8, 4) is 11.5 Å². The fraction of sp³-hybridized carbons (Fsp3) is 0.611. The Labute approximate surface area is 150 Å². The third-order valence-electron chi connectivity index (χ3n) is 4.26. The summed E-state index contributed by atoms with van der Waals surface area (Å²) < 4.78 is 11.4. The molecule has 1 fully saturated rings. The zero-order valence-electron chi connectivity index (χ0n) is 14.5. The Balaban J connectivity index is 0.00000288. The van der Waals surface area contributed by atoms with Crippen LogP contribution in [0.1, 0.15) is 51.0 Å². The van der Waals surface area contributed by atoms with E-state index >= 15 is 0 Å². The first-order valence-corrected chi connectivity index (χ1v) is 8.51. The molecule has 6 heteroatoms. The molecule has 3 N–H and O–H groups in total. The summed E-state index contributed by atoms with van der Waals surface area (Å²) >= 11 is 0. The molecule has 1 saturated carbocycles. The van der Waals surface area contributed by atoms with Crippen molar-refractivity contribution in [1.82, 2.24) is 5.32 Å². The number of benzene rings is 1. The second kappa shape index (κ2) is 10.4. The van der Waals surface area contributed by atoms with Crippen molar-refractivity contribution < 1.29 is 14.3 Å². The molecule has 136 valence electrons. The number of carbonyl (C=O) groups is 1. The lowest BCUT2D eigenvalue weighted by Crippen LogP contribution is -2.40. The number of nitrogens with two attached hydrogens (primary N) is 1. The summed E-state index contributed by atoms with van der Waals surface area (Å²) in [7, 11) is 1.64. The van der Waals surface area contributed by atoms with Crippen LogP contribution in [-0.4, -0.2) is 25.2 Å². The van der Waals surface area contributed by atoms with Gasteiger partial charge in [0.25, 0.3) is 0 Å².